The number of carbonyl (C=O) groups excluding carboxylic acids is 2. The van der Waals surface area contributed by atoms with Gasteiger partial charge in [0, 0.05) is 74.4 Å². The Labute approximate surface area is 292 Å². The first-order chi connectivity index (χ1) is 23.4. The molecule has 0 spiro atoms. The highest BCUT2D eigenvalue weighted by Crippen LogP contribution is 2.40. The highest BCUT2D eigenvalue weighted by molar-refractivity contribution is 6.65. The van der Waals surface area contributed by atoms with Crippen LogP contribution in [0, 0.1) is 5.41 Å². The van der Waals surface area contributed by atoms with Gasteiger partial charge in [-0.3, -0.25) is 0 Å². The van der Waals surface area contributed by atoms with E-state index in [1.807, 2.05) is 30.3 Å². The average Bonchev–Trinajstić information content (AvgIpc) is 3.69. The Bertz CT molecular complexity index is 2040. The molecule has 7 rings (SSSR count). The van der Waals surface area contributed by atoms with E-state index in [2.05, 4.69) is 23.8 Å². The first kappa shape index (κ1) is 34.8. The topological polar surface area (TPSA) is 141 Å². The third kappa shape index (κ3) is 6.77. The Kier molecular flexibility index (Phi) is 9.73. The van der Waals surface area contributed by atoms with Crippen molar-refractivity contribution < 1.29 is 43.0 Å². The lowest BCUT2D eigenvalue weighted by atomic mass is 9.75. The zero-order valence-electron chi connectivity index (χ0n) is 27.6. The molecule has 0 radical (unpaired) electrons. The highest BCUT2D eigenvalue weighted by atomic mass is 35.5. The molecule has 0 aliphatic carbocycles. The minimum atomic E-state index is -1.03. The molecule has 0 atom stereocenters. The van der Waals surface area contributed by atoms with E-state index in [0.29, 0.717) is 45.7 Å². The van der Waals surface area contributed by atoms with Crippen LogP contribution in [0.15, 0.2) is 54.9 Å². The molecule has 4 heterocycles. The van der Waals surface area contributed by atoms with Crippen molar-refractivity contribution in [2.75, 3.05) is 47.8 Å². The molecule has 3 N–H and O–H groups in total. The average molecular weight is 709 g/mol. The Hall–Kier alpha value is -4.04. The fourth-order valence-electron chi connectivity index (χ4n) is 5.83. The number of H-pyrrole nitrogens is 2. The molecule has 0 unspecified atom stereocenters. The minimum absolute atomic E-state index is 0.0155. The maximum absolute atomic E-state index is 12.0. The van der Waals surface area contributed by atoms with E-state index in [1.165, 1.54) is 14.2 Å². The van der Waals surface area contributed by atoms with E-state index in [9.17, 15) is 14.7 Å². The lowest BCUT2D eigenvalue weighted by Crippen LogP contribution is -2.47. The molecule has 5 aromatic rings. The molecule has 256 valence electrons. The van der Waals surface area contributed by atoms with Crippen molar-refractivity contribution in [2.24, 2.45) is 5.41 Å². The number of fused-ring (bicyclic) bond motifs is 2. The summed E-state index contributed by atoms with van der Waals surface area (Å²) in [7, 11) is 3.73. The standard InChI is InChI=1S/C20H18ClNO5.C15H17BClNO4/c1-25-18-5-11(3-4-15(18)20(24)9-27-10-20)12-6-13-14(19(23)26-2)8-22-17(13)7-16(12)21;1-15(2)7-21-16(22-8-15)11-4-9-10(14(19)20-3)6-18-13(9)5-12(11)17/h3-8,22,24H,9-10H2,1-2H3;4-6,18H,7-8H2,1-3H3. The Morgan fingerprint density at radius 2 is 1.39 bits per heavy atom. The van der Waals surface area contributed by atoms with Crippen molar-refractivity contribution in [3.05, 3.63) is 81.6 Å². The van der Waals surface area contributed by atoms with Crippen molar-refractivity contribution >= 4 is 69.5 Å². The van der Waals surface area contributed by atoms with Crippen molar-refractivity contribution in [2.45, 2.75) is 19.4 Å². The van der Waals surface area contributed by atoms with Crippen LogP contribution in [-0.4, -0.2) is 81.9 Å². The molecule has 2 fully saturated rings. The Morgan fingerprint density at radius 1 is 0.816 bits per heavy atom. The molecule has 2 aromatic heterocycles. The lowest BCUT2D eigenvalue weighted by Gasteiger charge is -2.37. The van der Waals surface area contributed by atoms with Crippen molar-refractivity contribution in [1.29, 1.82) is 0 Å². The summed E-state index contributed by atoms with van der Waals surface area (Å²) in [6.07, 6.45) is 3.22. The van der Waals surface area contributed by atoms with E-state index in [-0.39, 0.29) is 18.6 Å². The number of benzene rings is 3. The molecule has 14 heteroatoms. The molecular weight excluding hydrogens is 674 g/mol. The summed E-state index contributed by atoms with van der Waals surface area (Å²) in [5.41, 5.74) is 4.32. The summed E-state index contributed by atoms with van der Waals surface area (Å²) in [5, 5.41) is 13.1. The fraction of sp³-hybridized carbons (Fsp3) is 0.314. The zero-order valence-corrected chi connectivity index (χ0v) is 29.1. The van der Waals surface area contributed by atoms with Crippen molar-refractivity contribution in [1.82, 2.24) is 9.97 Å². The van der Waals surface area contributed by atoms with Crippen LogP contribution in [0.25, 0.3) is 32.9 Å². The predicted molar refractivity (Wildman–Crippen MR) is 187 cm³/mol. The van der Waals surface area contributed by atoms with Crippen molar-refractivity contribution in [3.63, 3.8) is 0 Å². The predicted octanol–water partition coefficient (Wildman–Crippen LogP) is 5.88. The van der Waals surface area contributed by atoms with Gasteiger partial charge in [0.05, 0.1) is 50.7 Å². The van der Waals surface area contributed by atoms with E-state index >= 15 is 0 Å². The second-order valence-electron chi connectivity index (χ2n) is 12.7. The largest absolute Gasteiger partial charge is 0.496 e. The maximum Gasteiger partial charge on any atom is 0.495 e. The second-order valence-corrected chi connectivity index (χ2v) is 13.6. The first-order valence-corrected chi connectivity index (χ1v) is 16.1. The Balaban J connectivity index is 0.000000174. The molecule has 49 heavy (non-hydrogen) atoms. The third-order valence-corrected chi connectivity index (χ3v) is 9.22. The van der Waals surface area contributed by atoms with E-state index in [0.717, 1.165) is 38.4 Å². The van der Waals surface area contributed by atoms with Crippen LogP contribution in [0.4, 0.5) is 0 Å². The smallest absolute Gasteiger partial charge is 0.495 e. The van der Waals surface area contributed by atoms with Crippen molar-refractivity contribution in [3.8, 4) is 16.9 Å². The van der Waals surface area contributed by atoms with Crippen LogP contribution < -0.4 is 10.2 Å². The first-order valence-electron chi connectivity index (χ1n) is 15.4. The minimum Gasteiger partial charge on any atom is -0.496 e. The summed E-state index contributed by atoms with van der Waals surface area (Å²) in [6, 6.07) is 12.7. The molecule has 2 saturated heterocycles. The van der Waals surface area contributed by atoms with Gasteiger partial charge in [0.2, 0.25) is 0 Å². The molecule has 0 amide bonds. The quantitative estimate of drug-likeness (QED) is 0.146. The number of aromatic amines is 2. The zero-order chi connectivity index (χ0) is 35.1. The van der Waals surface area contributed by atoms with Crippen LogP contribution in [0.3, 0.4) is 0 Å². The third-order valence-electron chi connectivity index (χ3n) is 8.58. The number of rotatable bonds is 6. The number of hydrogen-bond acceptors (Lipinski definition) is 9. The molecule has 2 aliphatic rings. The van der Waals surface area contributed by atoms with Gasteiger partial charge in [-0.05, 0) is 29.8 Å². The molecule has 0 saturated carbocycles. The van der Waals surface area contributed by atoms with Crippen LogP contribution >= 0.6 is 23.2 Å². The molecule has 11 nitrogen and oxygen atoms in total. The highest BCUT2D eigenvalue weighted by Gasteiger charge is 2.40. The number of nitrogens with one attached hydrogen (secondary N) is 2. The SMILES string of the molecule is COC(=O)c1c[nH]c2cc(Cl)c(-c3ccc(C4(O)COC4)c(OC)c3)cc12.COC(=O)c1c[nH]c2cc(Cl)c(B3OCC(C)(C)CO3)cc12. The van der Waals surface area contributed by atoms with Gasteiger partial charge in [0.25, 0.3) is 0 Å². The van der Waals surface area contributed by atoms with Gasteiger partial charge in [-0.2, -0.15) is 0 Å². The number of halogens is 2. The van der Waals surface area contributed by atoms with Crippen LogP contribution in [0.5, 0.6) is 5.75 Å². The number of carbonyl (C=O) groups is 2. The molecule has 2 aliphatic heterocycles. The van der Waals surface area contributed by atoms with Gasteiger partial charge < -0.3 is 43.3 Å². The molecular formula is C35H35BCl2N2O9. The van der Waals surface area contributed by atoms with Gasteiger partial charge in [-0.25, -0.2) is 9.59 Å². The summed E-state index contributed by atoms with van der Waals surface area (Å²) in [6.45, 7) is 5.81. The normalized spacial score (nSPS) is 16.4. The van der Waals surface area contributed by atoms with E-state index in [4.69, 9.17) is 51.5 Å². The summed E-state index contributed by atoms with van der Waals surface area (Å²) in [4.78, 5) is 29.8. The van der Waals surface area contributed by atoms with Crippen LogP contribution in [0.1, 0.15) is 40.1 Å². The number of aliphatic hydroxyl groups is 1. The second kappa shape index (κ2) is 13.7. The van der Waals surface area contributed by atoms with Gasteiger partial charge in [-0.15, -0.1) is 0 Å². The van der Waals surface area contributed by atoms with Gasteiger partial charge >= 0.3 is 19.1 Å². The maximum atomic E-state index is 12.0. The number of methoxy groups -OCH3 is 3. The molecule has 0 bridgehead atoms. The Morgan fingerprint density at radius 3 is 1.92 bits per heavy atom. The number of esters is 2. The number of hydrogen-bond donors (Lipinski definition) is 3. The number of ether oxygens (including phenoxy) is 4. The monoisotopic (exact) mass is 708 g/mol. The van der Waals surface area contributed by atoms with Crippen LogP contribution in [0.2, 0.25) is 10.0 Å². The lowest BCUT2D eigenvalue weighted by molar-refractivity contribution is -0.185. The van der Waals surface area contributed by atoms with Gasteiger partial charge in [-0.1, -0.05) is 55.2 Å². The summed E-state index contributed by atoms with van der Waals surface area (Å²) >= 11 is 12.8. The van der Waals surface area contributed by atoms with E-state index in [1.54, 1.807) is 31.6 Å². The fourth-order valence-corrected chi connectivity index (χ4v) is 6.35. The van der Waals surface area contributed by atoms with Crippen LogP contribution in [-0.2, 0) is 29.1 Å². The molecule has 3 aromatic carbocycles. The number of aromatic nitrogens is 2. The van der Waals surface area contributed by atoms with Gasteiger partial charge in [0.1, 0.15) is 11.4 Å². The summed E-state index contributed by atoms with van der Waals surface area (Å²) in [5.74, 6) is -0.266. The van der Waals surface area contributed by atoms with E-state index < -0.39 is 24.7 Å². The van der Waals surface area contributed by atoms with Gasteiger partial charge in [0.15, 0.2) is 0 Å². The summed E-state index contributed by atoms with van der Waals surface area (Å²) < 4.78 is 31.8.